The molecule has 0 N–H and O–H groups in total. The highest BCUT2D eigenvalue weighted by Crippen LogP contribution is 2.33. The van der Waals surface area contributed by atoms with Gasteiger partial charge in [0.25, 0.3) is 5.91 Å². The van der Waals surface area contributed by atoms with E-state index in [9.17, 15) is 14.0 Å². The standard InChI is InChI=1S/C24H23FN4O3/c1-16-24(31)28(21-4-2-3-5-22(21)32-16)13-11-23(30)27-12-10-20-19(14-27)26-15-29(20)18-8-6-17(25)7-9-18/h2-9,15-16H,10-14H2,1H3/t16-/m0/s1. The third-order valence-corrected chi connectivity index (χ3v) is 5.99. The zero-order valence-corrected chi connectivity index (χ0v) is 17.7. The van der Waals surface area contributed by atoms with Crippen molar-refractivity contribution >= 4 is 17.5 Å². The summed E-state index contributed by atoms with van der Waals surface area (Å²) >= 11 is 0. The van der Waals surface area contributed by atoms with E-state index in [0.29, 0.717) is 37.5 Å². The third kappa shape index (κ3) is 3.62. The van der Waals surface area contributed by atoms with E-state index in [-0.39, 0.29) is 24.1 Å². The van der Waals surface area contributed by atoms with Crippen molar-refractivity contribution in [2.45, 2.75) is 32.4 Å². The molecule has 0 unspecified atom stereocenters. The first kappa shape index (κ1) is 20.2. The molecule has 0 fully saturated rings. The van der Waals surface area contributed by atoms with Gasteiger partial charge in [0.05, 0.1) is 24.3 Å². The Kier molecular flexibility index (Phi) is 5.13. The minimum Gasteiger partial charge on any atom is -0.479 e. The van der Waals surface area contributed by atoms with Crippen LogP contribution in [0.15, 0.2) is 54.9 Å². The molecule has 3 heterocycles. The molecule has 0 saturated carbocycles. The first-order valence-electron chi connectivity index (χ1n) is 10.7. The number of nitrogens with zero attached hydrogens (tertiary/aromatic N) is 4. The average molecular weight is 434 g/mol. The predicted octanol–water partition coefficient (Wildman–Crippen LogP) is 3.10. The molecule has 1 atom stereocenters. The minimum absolute atomic E-state index is 0.0172. The Morgan fingerprint density at radius 3 is 2.78 bits per heavy atom. The van der Waals surface area contributed by atoms with E-state index in [1.54, 1.807) is 35.2 Å². The summed E-state index contributed by atoms with van der Waals surface area (Å²) in [4.78, 5) is 33.5. The van der Waals surface area contributed by atoms with Crippen LogP contribution < -0.4 is 9.64 Å². The lowest BCUT2D eigenvalue weighted by Crippen LogP contribution is -2.46. The zero-order chi connectivity index (χ0) is 22.2. The molecule has 2 aliphatic heterocycles. The Balaban J connectivity index is 1.26. The highest BCUT2D eigenvalue weighted by atomic mass is 19.1. The molecule has 0 saturated heterocycles. The highest BCUT2D eigenvalue weighted by Gasteiger charge is 2.32. The van der Waals surface area contributed by atoms with Crippen LogP contribution in [-0.2, 0) is 22.6 Å². The van der Waals surface area contributed by atoms with Crippen molar-refractivity contribution in [2.24, 2.45) is 0 Å². The summed E-state index contributed by atoms with van der Waals surface area (Å²) in [6.07, 6.45) is 2.03. The molecule has 0 spiro atoms. The van der Waals surface area contributed by atoms with Crippen LogP contribution in [0.5, 0.6) is 5.75 Å². The van der Waals surface area contributed by atoms with Crippen molar-refractivity contribution in [2.75, 3.05) is 18.0 Å². The normalized spacial score (nSPS) is 17.6. The summed E-state index contributed by atoms with van der Waals surface area (Å²) in [5.41, 5.74) is 3.42. The number of hydrogen-bond donors (Lipinski definition) is 0. The van der Waals surface area contributed by atoms with Gasteiger partial charge in [-0.15, -0.1) is 0 Å². The summed E-state index contributed by atoms with van der Waals surface area (Å²) in [7, 11) is 0. The number of aromatic nitrogens is 2. The molecular weight excluding hydrogens is 411 g/mol. The van der Waals surface area contributed by atoms with Crippen LogP contribution in [0, 0.1) is 5.82 Å². The molecule has 2 aliphatic rings. The number of ether oxygens (including phenoxy) is 1. The number of anilines is 1. The van der Waals surface area contributed by atoms with Gasteiger partial charge in [0.2, 0.25) is 5.91 Å². The zero-order valence-electron chi connectivity index (χ0n) is 17.7. The predicted molar refractivity (Wildman–Crippen MR) is 116 cm³/mol. The fraction of sp³-hybridized carbons (Fsp3) is 0.292. The molecule has 1 aromatic heterocycles. The monoisotopic (exact) mass is 434 g/mol. The van der Waals surface area contributed by atoms with E-state index in [1.807, 2.05) is 28.8 Å². The SMILES string of the molecule is C[C@@H]1Oc2ccccc2N(CCC(=O)N2CCc3c(ncn3-c3ccc(F)cc3)C2)C1=O. The Hall–Kier alpha value is -3.68. The van der Waals surface area contributed by atoms with E-state index < -0.39 is 6.10 Å². The van der Waals surface area contributed by atoms with Crippen molar-refractivity contribution in [3.63, 3.8) is 0 Å². The molecule has 32 heavy (non-hydrogen) atoms. The molecular formula is C24H23FN4O3. The number of hydrogen-bond acceptors (Lipinski definition) is 4. The number of halogens is 1. The molecule has 0 bridgehead atoms. The van der Waals surface area contributed by atoms with Crippen LogP contribution in [0.2, 0.25) is 0 Å². The second-order valence-corrected chi connectivity index (χ2v) is 8.02. The molecule has 2 aromatic carbocycles. The maximum Gasteiger partial charge on any atom is 0.267 e. The van der Waals surface area contributed by atoms with Crippen LogP contribution in [0.1, 0.15) is 24.7 Å². The van der Waals surface area contributed by atoms with Crippen LogP contribution >= 0.6 is 0 Å². The van der Waals surface area contributed by atoms with Crippen LogP contribution in [0.25, 0.3) is 5.69 Å². The van der Waals surface area contributed by atoms with Gasteiger partial charge in [0, 0.05) is 37.3 Å². The lowest BCUT2D eigenvalue weighted by molar-refractivity contribution is -0.132. The Morgan fingerprint density at radius 1 is 1.19 bits per heavy atom. The van der Waals surface area contributed by atoms with E-state index >= 15 is 0 Å². The molecule has 8 heteroatoms. The summed E-state index contributed by atoms with van der Waals surface area (Å²) in [5.74, 6) is 0.211. The van der Waals surface area contributed by atoms with Crippen LogP contribution in [0.3, 0.4) is 0 Å². The molecule has 7 nitrogen and oxygen atoms in total. The van der Waals surface area contributed by atoms with Crippen LogP contribution in [-0.4, -0.2) is 45.5 Å². The number of carbonyl (C=O) groups excluding carboxylic acids is 2. The summed E-state index contributed by atoms with van der Waals surface area (Å²) in [6.45, 7) is 3.02. The minimum atomic E-state index is -0.576. The molecule has 2 amide bonds. The smallest absolute Gasteiger partial charge is 0.267 e. The number of rotatable bonds is 4. The van der Waals surface area contributed by atoms with Crippen molar-refractivity contribution in [1.82, 2.24) is 14.5 Å². The number of para-hydroxylation sites is 2. The van der Waals surface area contributed by atoms with Gasteiger partial charge in [0.1, 0.15) is 11.6 Å². The molecule has 0 aliphatic carbocycles. The van der Waals surface area contributed by atoms with E-state index in [2.05, 4.69) is 4.98 Å². The summed E-state index contributed by atoms with van der Waals surface area (Å²) in [6, 6.07) is 13.7. The van der Waals surface area contributed by atoms with Gasteiger partial charge in [-0.25, -0.2) is 9.37 Å². The third-order valence-electron chi connectivity index (χ3n) is 5.99. The maximum absolute atomic E-state index is 13.2. The second kappa shape index (κ2) is 8.11. The van der Waals surface area contributed by atoms with Gasteiger partial charge in [-0.3, -0.25) is 9.59 Å². The van der Waals surface area contributed by atoms with Gasteiger partial charge in [0.15, 0.2) is 6.10 Å². The number of benzene rings is 2. The topological polar surface area (TPSA) is 67.7 Å². The Labute approximate surface area is 185 Å². The fourth-order valence-electron chi connectivity index (χ4n) is 4.30. The summed E-state index contributed by atoms with van der Waals surface area (Å²) in [5, 5.41) is 0. The van der Waals surface area contributed by atoms with Gasteiger partial charge < -0.3 is 19.1 Å². The average Bonchev–Trinajstić information content (AvgIpc) is 3.23. The van der Waals surface area contributed by atoms with Gasteiger partial charge in [-0.1, -0.05) is 12.1 Å². The van der Waals surface area contributed by atoms with E-state index in [0.717, 1.165) is 17.1 Å². The van der Waals surface area contributed by atoms with Gasteiger partial charge >= 0.3 is 0 Å². The first-order chi connectivity index (χ1) is 15.5. The summed E-state index contributed by atoms with van der Waals surface area (Å²) < 4.78 is 20.9. The highest BCUT2D eigenvalue weighted by molar-refractivity contribution is 6.00. The van der Waals surface area contributed by atoms with Crippen molar-refractivity contribution in [3.8, 4) is 11.4 Å². The lowest BCUT2D eigenvalue weighted by Gasteiger charge is -2.33. The van der Waals surface area contributed by atoms with Crippen molar-refractivity contribution in [3.05, 3.63) is 72.1 Å². The van der Waals surface area contributed by atoms with E-state index in [4.69, 9.17) is 4.74 Å². The Bertz CT molecular complexity index is 1170. The maximum atomic E-state index is 13.2. The molecule has 5 rings (SSSR count). The molecule has 3 aromatic rings. The fourth-order valence-corrected chi connectivity index (χ4v) is 4.30. The number of imidazole rings is 1. The largest absolute Gasteiger partial charge is 0.479 e. The molecule has 0 radical (unpaired) electrons. The Morgan fingerprint density at radius 2 is 1.97 bits per heavy atom. The quantitative estimate of drug-likeness (QED) is 0.633. The van der Waals surface area contributed by atoms with Gasteiger partial charge in [-0.05, 0) is 43.3 Å². The van der Waals surface area contributed by atoms with Crippen LogP contribution in [0.4, 0.5) is 10.1 Å². The molecule has 164 valence electrons. The first-order valence-corrected chi connectivity index (χ1v) is 10.7. The van der Waals surface area contributed by atoms with Gasteiger partial charge in [-0.2, -0.15) is 0 Å². The number of amides is 2. The number of fused-ring (bicyclic) bond motifs is 2. The second-order valence-electron chi connectivity index (χ2n) is 8.02. The lowest BCUT2D eigenvalue weighted by atomic mass is 10.1. The van der Waals surface area contributed by atoms with Crippen molar-refractivity contribution in [1.29, 1.82) is 0 Å². The van der Waals surface area contributed by atoms with E-state index in [1.165, 1.54) is 12.1 Å². The van der Waals surface area contributed by atoms with Crippen molar-refractivity contribution < 1.29 is 18.7 Å². The number of carbonyl (C=O) groups is 2.